The van der Waals surface area contributed by atoms with E-state index in [-0.39, 0.29) is 0 Å². The Hall–Kier alpha value is 0.480. The monoisotopic (exact) mass is 314 g/mol. The van der Waals surface area contributed by atoms with E-state index in [1.807, 2.05) is 0 Å². The highest BCUT2D eigenvalue weighted by Crippen LogP contribution is 2.42. The minimum Gasteiger partial charge on any atom is -0.0928 e. The molecule has 0 N–H and O–H groups in total. The highest BCUT2D eigenvalue weighted by Gasteiger charge is 2.30. The van der Waals surface area contributed by atoms with E-state index < -0.39 is 0 Å². The Morgan fingerprint density at radius 1 is 0.722 bits per heavy atom. The summed E-state index contributed by atoms with van der Waals surface area (Å²) in [6.45, 7) is 2.34. The van der Waals surface area contributed by atoms with Crippen LogP contribution in [0, 0.1) is 23.7 Å². The van der Waals surface area contributed by atoms with Gasteiger partial charge >= 0.3 is 0 Å². The normalized spacial score (nSPS) is 37.7. The van der Waals surface area contributed by atoms with Crippen molar-refractivity contribution in [3.63, 3.8) is 0 Å². The van der Waals surface area contributed by atoms with E-state index in [4.69, 9.17) is 0 Å². The third-order valence-electron chi connectivity index (χ3n) is 5.66. The van der Waals surface area contributed by atoms with Crippen LogP contribution >= 0.6 is 15.9 Å². The number of alkyl halides is 1. The molecule has 2 rings (SSSR count). The molecule has 0 saturated heterocycles. The Balaban J connectivity index is 1.68. The van der Waals surface area contributed by atoms with Crippen molar-refractivity contribution in [3.05, 3.63) is 0 Å². The fourth-order valence-electron chi connectivity index (χ4n) is 4.46. The maximum atomic E-state index is 3.60. The molecule has 106 valence electrons. The number of hydrogen-bond acceptors (Lipinski definition) is 0. The second-order valence-electron chi connectivity index (χ2n) is 6.83. The number of halogens is 1. The average molecular weight is 315 g/mol. The SMILES string of the molecule is CCC[C@H]1CC[C@H]([C@H]2CC[C@H](CCBr)CC2)CC1. The van der Waals surface area contributed by atoms with Crippen LogP contribution in [0.3, 0.4) is 0 Å². The lowest BCUT2D eigenvalue weighted by atomic mass is 9.68. The van der Waals surface area contributed by atoms with E-state index in [0.29, 0.717) is 0 Å². The lowest BCUT2D eigenvalue weighted by Crippen LogP contribution is -2.26. The summed E-state index contributed by atoms with van der Waals surface area (Å²) in [5.41, 5.74) is 0. The molecule has 18 heavy (non-hydrogen) atoms. The second kappa shape index (κ2) is 7.92. The number of rotatable bonds is 5. The third-order valence-corrected chi connectivity index (χ3v) is 6.12. The summed E-state index contributed by atoms with van der Waals surface area (Å²) >= 11 is 3.60. The van der Waals surface area contributed by atoms with E-state index in [9.17, 15) is 0 Å². The molecule has 0 heterocycles. The lowest BCUT2D eigenvalue weighted by Gasteiger charge is -2.37. The van der Waals surface area contributed by atoms with Crippen molar-refractivity contribution < 1.29 is 0 Å². The third kappa shape index (κ3) is 4.25. The molecular weight excluding hydrogens is 284 g/mol. The standard InChI is InChI=1S/C17H31Br/c1-2-3-14-4-8-16(9-5-14)17-10-6-15(7-11-17)12-13-18/h14-17H,2-13H2,1H3/t14-,15-,16-,17-. The molecule has 2 fully saturated rings. The van der Waals surface area contributed by atoms with Gasteiger partial charge in [-0.15, -0.1) is 0 Å². The van der Waals surface area contributed by atoms with Gasteiger partial charge in [0.1, 0.15) is 0 Å². The van der Waals surface area contributed by atoms with Gasteiger partial charge in [-0.1, -0.05) is 61.4 Å². The Morgan fingerprint density at radius 3 is 1.56 bits per heavy atom. The van der Waals surface area contributed by atoms with Gasteiger partial charge in [-0.2, -0.15) is 0 Å². The molecule has 0 amide bonds. The molecule has 0 nitrogen and oxygen atoms in total. The molecule has 0 spiro atoms. The van der Waals surface area contributed by atoms with Crippen LogP contribution in [-0.2, 0) is 0 Å². The summed E-state index contributed by atoms with van der Waals surface area (Å²) in [5.74, 6) is 4.32. The molecule has 0 aromatic rings. The van der Waals surface area contributed by atoms with Gasteiger partial charge in [-0.05, 0) is 55.8 Å². The molecule has 0 aliphatic heterocycles. The van der Waals surface area contributed by atoms with E-state index in [2.05, 4.69) is 22.9 Å². The van der Waals surface area contributed by atoms with Crippen LogP contribution in [0.1, 0.15) is 77.6 Å². The highest BCUT2D eigenvalue weighted by atomic mass is 79.9. The molecule has 2 saturated carbocycles. The summed E-state index contributed by atoms with van der Waals surface area (Å²) in [5, 5.41) is 1.21. The van der Waals surface area contributed by atoms with Gasteiger partial charge in [0.15, 0.2) is 0 Å². The molecule has 0 unspecified atom stereocenters. The first-order valence-corrected chi connectivity index (χ1v) is 9.51. The van der Waals surface area contributed by atoms with Gasteiger partial charge < -0.3 is 0 Å². The zero-order valence-electron chi connectivity index (χ0n) is 12.2. The van der Waals surface area contributed by atoms with Crippen LogP contribution in [-0.4, -0.2) is 5.33 Å². The first-order valence-electron chi connectivity index (χ1n) is 8.39. The van der Waals surface area contributed by atoms with Crippen LogP contribution in [0.25, 0.3) is 0 Å². The minimum absolute atomic E-state index is 1.04. The zero-order valence-corrected chi connectivity index (χ0v) is 13.8. The van der Waals surface area contributed by atoms with Crippen LogP contribution in [0.15, 0.2) is 0 Å². The fourth-order valence-corrected chi connectivity index (χ4v) is 5.11. The van der Waals surface area contributed by atoms with Gasteiger partial charge in [0.2, 0.25) is 0 Å². The summed E-state index contributed by atoms with van der Waals surface area (Å²) in [4.78, 5) is 0. The molecule has 0 aromatic heterocycles. The molecule has 0 atom stereocenters. The zero-order chi connectivity index (χ0) is 12.8. The maximum absolute atomic E-state index is 3.60. The lowest BCUT2D eigenvalue weighted by molar-refractivity contribution is 0.143. The Kier molecular flexibility index (Phi) is 6.55. The van der Waals surface area contributed by atoms with Crippen LogP contribution in [0.5, 0.6) is 0 Å². The summed E-state index contributed by atoms with van der Waals surface area (Å²) in [6.07, 6.45) is 16.6. The quantitative estimate of drug-likeness (QED) is 0.531. The van der Waals surface area contributed by atoms with Crippen molar-refractivity contribution in [3.8, 4) is 0 Å². The van der Waals surface area contributed by atoms with E-state index in [1.54, 1.807) is 38.5 Å². The average Bonchev–Trinajstić information content (AvgIpc) is 2.41. The van der Waals surface area contributed by atoms with Gasteiger partial charge in [0.05, 0.1) is 0 Å². The summed E-state index contributed by atoms with van der Waals surface area (Å²) in [7, 11) is 0. The number of hydrogen-bond donors (Lipinski definition) is 0. The minimum atomic E-state index is 1.04. The van der Waals surface area contributed by atoms with Crippen molar-refractivity contribution in [2.24, 2.45) is 23.7 Å². The van der Waals surface area contributed by atoms with E-state index in [1.165, 1.54) is 37.4 Å². The Bertz CT molecular complexity index is 186. The topological polar surface area (TPSA) is 0 Å². The van der Waals surface area contributed by atoms with Crippen molar-refractivity contribution in [2.75, 3.05) is 5.33 Å². The predicted octanol–water partition coefficient (Wildman–Crippen LogP) is 6.18. The summed E-state index contributed by atoms with van der Waals surface area (Å²) in [6, 6.07) is 0. The largest absolute Gasteiger partial charge is 0.0928 e. The van der Waals surface area contributed by atoms with Gasteiger partial charge in [0.25, 0.3) is 0 Å². The summed E-state index contributed by atoms with van der Waals surface area (Å²) < 4.78 is 0. The van der Waals surface area contributed by atoms with Crippen LogP contribution in [0.4, 0.5) is 0 Å². The molecule has 2 aliphatic carbocycles. The van der Waals surface area contributed by atoms with Crippen LogP contribution < -0.4 is 0 Å². The van der Waals surface area contributed by atoms with Crippen LogP contribution in [0.2, 0.25) is 0 Å². The highest BCUT2D eigenvalue weighted by molar-refractivity contribution is 9.09. The van der Waals surface area contributed by atoms with E-state index >= 15 is 0 Å². The molecule has 2 aliphatic rings. The van der Waals surface area contributed by atoms with Gasteiger partial charge in [-0.25, -0.2) is 0 Å². The van der Waals surface area contributed by atoms with Gasteiger partial charge in [0, 0.05) is 5.33 Å². The van der Waals surface area contributed by atoms with Crippen molar-refractivity contribution in [1.29, 1.82) is 0 Å². The first-order chi connectivity index (χ1) is 8.83. The van der Waals surface area contributed by atoms with Gasteiger partial charge in [-0.3, -0.25) is 0 Å². The molecule has 1 heteroatoms. The van der Waals surface area contributed by atoms with E-state index in [0.717, 1.165) is 23.7 Å². The molecular formula is C17H31Br. The smallest absolute Gasteiger partial charge is 0.00339 e. The maximum Gasteiger partial charge on any atom is 0.00339 e. The fraction of sp³-hybridized carbons (Fsp3) is 1.00. The Labute approximate surface area is 122 Å². The molecule has 0 aromatic carbocycles. The Morgan fingerprint density at radius 2 is 1.17 bits per heavy atom. The predicted molar refractivity (Wildman–Crippen MR) is 84.2 cm³/mol. The molecule has 0 bridgehead atoms. The van der Waals surface area contributed by atoms with Crippen molar-refractivity contribution >= 4 is 15.9 Å². The molecule has 0 radical (unpaired) electrons. The first kappa shape index (κ1) is 14.9. The second-order valence-corrected chi connectivity index (χ2v) is 7.62. The van der Waals surface area contributed by atoms with Crippen molar-refractivity contribution in [1.82, 2.24) is 0 Å². The van der Waals surface area contributed by atoms with Crippen molar-refractivity contribution in [2.45, 2.75) is 77.6 Å².